The molecule has 4 nitrogen and oxygen atoms in total. The molecule has 0 spiro atoms. The van der Waals surface area contributed by atoms with Gasteiger partial charge in [0.1, 0.15) is 5.75 Å². The molecule has 0 fully saturated rings. The van der Waals surface area contributed by atoms with Gasteiger partial charge in [0.2, 0.25) is 5.91 Å². The number of ether oxygens (including phenoxy) is 1. The molecule has 24 heavy (non-hydrogen) atoms. The third kappa shape index (κ3) is 5.48. The normalized spacial score (nSPS) is 10.6. The first kappa shape index (κ1) is 18.7. The molecule has 0 bridgehead atoms. The number of nitrogens with one attached hydrogen (secondary N) is 2. The summed E-state index contributed by atoms with van der Waals surface area (Å²) in [5.74, 6) is 0.528. The minimum absolute atomic E-state index is 0.0843. The third-order valence-electron chi connectivity index (χ3n) is 2.96. The Labute approximate surface area is 156 Å². The van der Waals surface area contributed by atoms with Crippen LogP contribution >= 0.6 is 34.8 Å². The largest absolute Gasteiger partial charge is 0.491 e. The van der Waals surface area contributed by atoms with E-state index in [0.29, 0.717) is 20.8 Å². The molecule has 2 aromatic rings. The SMILES string of the molecule is CC(C)Oc1ccc(NCC(=O)Nc2cc(Cl)c(Cl)cc2Cl)cc1. The van der Waals surface area contributed by atoms with Crippen LogP contribution in [0.3, 0.4) is 0 Å². The van der Waals surface area contributed by atoms with Gasteiger partial charge in [-0.3, -0.25) is 4.79 Å². The van der Waals surface area contributed by atoms with Crippen LogP contribution in [-0.2, 0) is 4.79 Å². The average molecular weight is 388 g/mol. The summed E-state index contributed by atoms with van der Waals surface area (Å²) in [6, 6.07) is 10.4. The molecule has 7 heteroatoms. The van der Waals surface area contributed by atoms with Crippen molar-refractivity contribution in [3.63, 3.8) is 0 Å². The van der Waals surface area contributed by atoms with Crippen LogP contribution in [-0.4, -0.2) is 18.6 Å². The quantitative estimate of drug-likeness (QED) is 0.645. The predicted octanol–water partition coefficient (Wildman–Crippen LogP) is 5.48. The van der Waals surface area contributed by atoms with E-state index in [2.05, 4.69) is 10.6 Å². The third-order valence-corrected chi connectivity index (χ3v) is 4.00. The molecule has 0 saturated carbocycles. The van der Waals surface area contributed by atoms with E-state index < -0.39 is 0 Å². The van der Waals surface area contributed by atoms with Gasteiger partial charge >= 0.3 is 0 Å². The lowest BCUT2D eigenvalue weighted by atomic mass is 10.3. The van der Waals surface area contributed by atoms with E-state index in [9.17, 15) is 4.79 Å². The standard InChI is InChI=1S/C17H17Cl3N2O2/c1-10(2)24-12-5-3-11(4-6-12)21-9-17(23)22-16-8-14(19)13(18)7-15(16)20/h3-8,10,21H,9H2,1-2H3,(H,22,23). The van der Waals surface area contributed by atoms with Crippen molar-refractivity contribution in [1.29, 1.82) is 0 Å². The summed E-state index contributed by atoms with van der Waals surface area (Å²) in [5, 5.41) is 6.69. The molecule has 0 saturated heterocycles. The van der Waals surface area contributed by atoms with E-state index in [-0.39, 0.29) is 18.6 Å². The number of amides is 1. The van der Waals surface area contributed by atoms with E-state index >= 15 is 0 Å². The Morgan fingerprint density at radius 1 is 1.04 bits per heavy atom. The molecule has 1 amide bonds. The van der Waals surface area contributed by atoms with Crippen molar-refractivity contribution >= 4 is 52.1 Å². The Hall–Kier alpha value is -1.62. The zero-order chi connectivity index (χ0) is 17.7. The highest BCUT2D eigenvalue weighted by Crippen LogP contribution is 2.32. The van der Waals surface area contributed by atoms with Gasteiger partial charge in [0.25, 0.3) is 0 Å². The monoisotopic (exact) mass is 386 g/mol. The van der Waals surface area contributed by atoms with Crippen molar-refractivity contribution in [2.75, 3.05) is 17.2 Å². The van der Waals surface area contributed by atoms with Gasteiger partial charge in [0.05, 0.1) is 33.4 Å². The van der Waals surface area contributed by atoms with Crippen LogP contribution in [0.2, 0.25) is 15.1 Å². The van der Waals surface area contributed by atoms with Gasteiger partial charge in [0.15, 0.2) is 0 Å². The molecule has 0 aliphatic heterocycles. The Kier molecular flexibility index (Phi) is 6.60. The van der Waals surface area contributed by atoms with Crippen LogP contribution < -0.4 is 15.4 Å². The Morgan fingerprint density at radius 3 is 2.29 bits per heavy atom. The lowest BCUT2D eigenvalue weighted by molar-refractivity contribution is -0.114. The maximum Gasteiger partial charge on any atom is 0.243 e. The summed E-state index contributed by atoms with van der Waals surface area (Å²) < 4.78 is 5.56. The van der Waals surface area contributed by atoms with Gasteiger partial charge in [-0.15, -0.1) is 0 Å². The molecule has 0 aliphatic carbocycles. The van der Waals surface area contributed by atoms with Crippen LogP contribution in [0.25, 0.3) is 0 Å². The zero-order valence-electron chi connectivity index (χ0n) is 13.2. The number of rotatable bonds is 6. The van der Waals surface area contributed by atoms with Crippen LogP contribution in [0.15, 0.2) is 36.4 Å². The number of carbonyl (C=O) groups is 1. The van der Waals surface area contributed by atoms with Gasteiger partial charge < -0.3 is 15.4 Å². The van der Waals surface area contributed by atoms with Crippen LogP contribution in [0.4, 0.5) is 11.4 Å². The van der Waals surface area contributed by atoms with E-state index in [1.807, 2.05) is 38.1 Å². The molecule has 2 aromatic carbocycles. The van der Waals surface area contributed by atoms with E-state index in [1.165, 1.54) is 12.1 Å². The summed E-state index contributed by atoms with van der Waals surface area (Å²) in [4.78, 5) is 12.0. The van der Waals surface area contributed by atoms with Crippen LogP contribution in [0.5, 0.6) is 5.75 Å². The highest BCUT2D eigenvalue weighted by atomic mass is 35.5. The molecular formula is C17H17Cl3N2O2. The summed E-state index contributed by atoms with van der Waals surface area (Å²) in [6.07, 6.45) is 0.116. The summed E-state index contributed by atoms with van der Waals surface area (Å²) in [5.41, 5.74) is 1.22. The van der Waals surface area contributed by atoms with E-state index in [4.69, 9.17) is 39.5 Å². The first-order chi connectivity index (χ1) is 11.3. The minimum atomic E-state index is -0.252. The number of anilines is 2. The topological polar surface area (TPSA) is 50.4 Å². The Bertz CT molecular complexity index is 719. The Morgan fingerprint density at radius 2 is 1.67 bits per heavy atom. The zero-order valence-corrected chi connectivity index (χ0v) is 15.5. The highest BCUT2D eigenvalue weighted by Gasteiger charge is 2.09. The number of halogens is 3. The summed E-state index contributed by atoms with van der Waals surface area (Å²) in [7, 11) is 0. The van der Waals surface area contributed by atoms with E-state index in [1.54, 1.807) is 0 Å². The fourth-order valence-electron chi connectivity index (χ4n) is 1.92. The average Bonchev–Trinajstić information content (AvgIpc) is 2.51. The Balaban J connectivity index is 1.90. The first-order valence-electron chi connectivity index (χ1n) is 7.30. The molecule has 0 atom stereocenters. The summed E-state index contributed by atoms with van der Waals surface area (Å²) in [6.45, 7) is 4.01. The van der Waals surface area contributed by atoms with E-state index in [0.717, 1.165) is 11.4 Å². The number of hydrogen-bond acceptors (Lipinski definition) is 3. The van der Waals surface area contributed by atoms with Crippen molar-refractivity contribution in [2.24, 2.45) is 0 Å². The van der Waals surface area contributed by atoms with Gasteiger partial charge in [-0.2, -0.15) is 0 Å². The molecule has 2 rings (SSSR count). The molecular weight excluding hydrogens is 371 g/mol. The van der Waals surface area contributed by atoms with Crippen molar-refractivity contribution < 1.29 is 9.53 Å². The fraction of sp³-hybridized carbons (Fsp3) is 0.235. The number of carbonyl (C=O) groups excluding carboxylic acids is 1. The number of benzene rings is 2. The fourth-order valence-corrected chi connectivity index (χ4v) is 2.51. The lowest BCUT2D eigenvalue weighted by Crippen LogP contribution is -2.21. The second-order valence-electron chi connectivity index (χ2n) is 5.34. The van der Waals surface area contributed by atoms with Crippen LogP contribution in [0, 0.1) is 0 Å². The van der Waals surface area contributed by atoms with Crippen molar-refractivity contribution in [3.8, 4) is 5.75 Å². The smallest absolute Gasteiger partial charge is 0.243 e. The highest BCUT2D eigenvalue weighted by molar-refractivity contribution is 6.44. The van der Waals surface area contributed by atoms with Gasteiger partial charge in [0, 0.05) is 5.69 Å². The predicted molar refractivity (Wildman–Crippen MR) is 101 cm³/mol. The van der Waals surface area contributed by atoms with Gasteiger partial charge in [-0.05, 0) is 50.2 Å². The maximum atomic E-state index is 12.0. The maximum absolute atomic E-state index is 12.0. The minimum Gasteiger partial charge on any atom is -0.491 e. The summed E-state index contributed by atoms with van der Waals surface area (Å²) >= 11 is 17.8. The molecule has 2 N–H and O–H groups in total. The molecule has 0 heterocycles. The molecule has 0 unspecified atom stereocenters. The molecule has 128 valence electrons. The molecule has 0 aromatic heterocycles. The molecule has 0 radical (unpaired) electrons. The van der Waals surface area contributed by atoms with Gasteiger partial charge in [-0.1, -0.05) is 34.8 Å². The number of hydrogen-bond donors (Lipinski definition) is 2. The van der Waals surface area contributed by atoms with Crippen molar-refractivity contribution in [3.05, 3.63) is 51.5 Å². The lowest BCUT2D eigenvalue weighted by Gasteiger charge is -2.12. The second-order valence-corrected chi connectivity index (χ2v) is 6.56. The van der Waals surface area contributed by atoms with Crippen LogP contribution in [0.1, 0.15) is 13.8 Å². The van der Waals surface area contributed by atoms with Crippen molar-refractivity contribution in [1.82, 2.24) is 0 Å². The van der Waals surface area contributed by atoms with Crippen molar-refractivity contribution in [2.45, 2.75) is 20.0 Å². The van der Waals surface area contributed by atoms with Gasteiger partial charge in [-0.25, -0.2) is 0 Å². The second kappa shape index (κ2) is 8.47. The molecule has 0 aliphatic rings. The first-order valence-corrected chi connectivity index (χ1v) is 8.43.